The van der Waals surface area contributed by atoms with Crippen molar-refractivity contribution >= 4 is 16.0 Å². The third-order valence-corrected chi connectivity index (χ3v) is 5.71. The summed E-state index contributed by atoms with van der Waals surface area (Å²) in [5.41, 5.74) is 0. The van der Waals surface area contributed by atoms with Crippen LogP contribution in [0.5, 0.6) is 11.5 Å². The van der Waals surface area contributed by atoms with Crippen LogP contribution in [-0.4, -0.2) is 62.3 Å². The van der Waals surface area contributed by atoms with Crippen LogP contribution in [0.3, 0.4) is 0 Å². The minimum Gasteiger partial charge on any atom is -0.493 e. The number of nitrogens with zero attached hydrogens (tertiary/aromatic N) is 1. The number of sulfonamides is 1. The summed E-state index contributed by atoms with van der Waals surface area (Å²) in [4.78, 5) is 11.1. The summed E-state index contributed by atoms with van der Waals surface area (Å²) in [6.07, 6.45) is -0.979. The second kappa shape index (κ2) is 6.73. The summed E-state index contributed by atoms with van der Waals surface area (Å²) in [6, 6.07) is 4.17. The number of piperidine rings is 1. The number of benzene rings is 1. The van der Waals surface area contributed by atoms with Gasteiger partial charge in [0.2, 0.25) is 10.0 Å². The van der Waals surface area contributed by atoms with Gasteiger partial charge in [0.05, 0.1) is 31.1 Å². The fourth-order valence-electron chi connectivity index (χ4n) is 2.50. The van der Waals surface area contributed by atoms with Crippen molar-refractivity contribution in [3.63, 3.8) is 0 Å². The summed E-state index contributed by atoms with van der Waals surface area (Å²) in [5, 5.41) is 18.8. The van der Waals surface area contributed by atoms with Crippen molar-refractivity contribution in [2.45, 2.75) is 17.4 Å². The summed E-state index contributed by atoms with van der Waals surface area (Å²) in [7, 11) is -1.05. The van der Waals surface area contributed by atoms with E-state index in [-0.39, 0.29) is 30.2 Å². The maximum Gasteiger partial charge on any atom is 0.310 e. The van der Waals surface area contributed by atoms with E-state index in [0.29, 0.717) is 5.75 Å². The number of carbonyl (C=O) groups is 1. The van der Waals surface area contributed by atoms with Gasteiger partial charge in [-0.15, -0.1) is 0 Å². The van der Waals surface area contributed by atoms with Gasteiger partial charge in [-0.25, -0.2) is 8.42 Å². The quantitative estimate of drug-likeness (QED) is 0.781. The van der Waals surface area contributed by atoms with E-state index in [1.807, 2.05) is 0 Å². The van der Waals surface area contributed by atoms with Crippen molar-refractivity contribution in [2.24, 2.45) is 5.92 Å². The van der Waals surface area contributed by atoms with Crippen LogP contribution in [0.4, 0.5) is 0 Å². The van der Waals surface area contributed by atoms with Crippen LogP contribution in [0.2, 0.25) is 0 Å². The predicted molar refractivity (Wildman–Crippen MR) is 80.1 cm³/mol. The lowest BCUT2D eigenvalue weighted by Crippen LogP contribution is -2.48. The number of aliphatic hydroxyl groups is 1. The van der Waals surface area contributed by atoms with E-state index in [1.54, 1.807) is 0 Å². The normalized spacial score (nSPS) is 22.6. The van der Waals surface area contributed by atoms with Crippen molar-refractivity contribution < 1.29 is 32.9 Å². The first kappa shape index (κ1) is 17.5. The van der Waals surface area contributed by atoms with Crippen LogP contribution in [0.15, 0.2) is 23.1 Å². The molecule has 1 saturated heterocycles. The number of hydrogen-bond donors (Lipinski definition) is 2. The van der Waals surface area contributed by atoms with Gasteiger partial charge in [-0.05, 0) is 18.6 Å². The van der Waals surface area contributed by atoms with Gasteiger partial charge in [0.1, 0.15) is 0 Å². The minimum atomic E-state index is -3.89. The third-order valence-electron chi connectivity index (χ3n) is 3.85. The standard InChI is InChI=1S/C14H19NO7S/c1-21-12-4-3-9(7-13(12)22-2)23(19,20)15-6-5-11(16)10(8-15)14(17)18/h3-4,7,10-11,16H,5-6,8H2,1-2H3,(H,17,18). The molecule has 128 valence electrons. The molecule has 0 spiro atoms. The van der Waals surface area contributed by atoms with Gasteiger partial charge in [-0.1, -0.05) is 0 Å². The van der Waals surface area contributed by atoms with Gasteiger partial charge >= 0.3 is 5.97 Å². The first-order chi connectivity index (χ1) is 10.8. The van der Waals surface area contributed by atoms with E-state index in [4.69, 9.17) is 14.6 Å². The molecule has 2 N–H and O–H groups in total. The zero-order valence-electron chi connectivity index (χ0n) is 12.8. The second-order valence-corrected chi connectivity index (χ2v) is 7.12. The molecule has 0 bridgehead atoms. The first-order valence-corrected chi connectivity index (χ1v) is 8.38. The Kier molecular flexibility index (Phi) is 5.12. The maximum atomic E-state index is 12.7. The molecule has 1 aromatic rings. The maximum absolute atomic E-state index is 12.7. The Labute approximate surface area is 134 Å². The van der Waals surface area contributed by atoms with E-state index < -0.39 is 28.0 Å². The number of aliphatic hydroxyl groups excluding tert-OH is 1. The topological polar surface area (TPSA) is 113 Å². The van der Waals surface area contributed by atoms with Crippen molar-refractivity contribution in [2.75, 3.05) is 27.3 Å². The number of carboxylic acids is 1. The van der Waals surface area contributed by atoms with Crippen molar-refractivity contribution in [3.8, 4) is 11.5 Å². The molecule has 0 amide bonds. The number of ether oxygens (including phenoxy) is 2. The Morgan fingerprint density at radius 1 is 1.26 bits per heavy atom. The smallest absolute Gasteiger partial charge is 0.310 e. The van der Waals surface area contributed by atoms with Crippen molar-refractivity contribution in [3.05, 3.63) is 18.2 Å². The molecule has 9 heteroatoms. The molecule has 2 atom stereocenters. The summed E-state index contributed by atoms with van der Waals surface area (Å²) in [5.74, 6) is -1.70. The molecule has 0 saturated carbocycles. The van der Waals surface area contributed by atoms with Gasteiger partial charge in [0, 0.05) is 19.2 Å². The lowest BCUT2D eigenvalue weighted by molar-refractivity contribution is -0.147. The van der Waals surface area contributed by atoms with Crippen LogP contribution >= 0.6 is 0 Å². The number of carboxylic acid groups (broad SMARTS) is 1. The highest BCUT2D eigenvalue weighted by Crippen LogP contribution is 2.32. The van der Waals surface area contributed by atoms with Crippen LogP contribution in [0.1, 0.15) is 6.42 Å². The van der Waals surface area contributed by atoms with Crippen LogP contribution in [0, 0.1) is 5.92 Å². The molecule has 23 heavy (non-hydrogen) atoms. The predicted octanol–water partition coefficient (Wildman–Crippen LogP) is 0.160. The second-order valence-electron chi connectivity index (χ2n) is 5.18. The molecule has 1 fully saturated rings. The summed E-state index contributed by atoms with van der Waals surface area (Å²) < 4.78 is 36.6. The molecule has 1 aliphatic heterocycles. The first-order valence-electron chi connectivity index (χ1n) is 6.94. The van der Waals surface area contributed by atoms with Gasteiger partial charge in [0.15, 0.2) is 11.5 Å². The molecule has 0 aliphatic carbocycles. The van der Waals surface area contributed by atoms with Crippen LogP contribution < -0.4 is 9.47 Å². The molecule has 0 radical (unpaired) electrons. The molecular formula is C14H19NO7S. The van der Waals surface area contributed by atoms with E-state index in [0.717, 1.165) is 4.31 Å². The van der Waals surface area contributed by atoms with Gasteiger partial charge in [0.25, 0.3) is 0 Å². The Morgan fingerprint density at radius 2 is 1.91 bits per heavy atom. The highest BCUT2D eigenvalue weighted by molar-refractivity contribution is 7.89. The number of methoxy groups -OCH3 is 2. The van der Waals surface area contributed by atoms with E-state index in [2.05, 4.69) is 0 Å². The molecular weight excluding hydrogens is 326 g/mol. The average molecular weight is 345 g/mol. The monoisotopic (exact) mass is 345 g/mol. The summed E-state index contributed by atoms with van der Waals surface area (Å²) >= 11 is 0. The highest BCUT2D eigenvalue weighted by Gasteiger charge is 2.38. The summed E-state index contributed by atoms with van der Waals surface area (Å²) in [6.45, 7) is -0.213. The molecule has 8 nitrogen and oxygen atoms in total. The number of rotatable bonds is 5. The molecule has 2 unspecified atom stereocenters. The van der Waals surface area contributed by atoms with Gasteiger partial charge < -0.3 is 19.7 Å². The van der Waals surface area contributed by atoms with Crippen molar-refractivity contribution in [1.82, 2.24) is 4.31 Å². The van der Waals surface area contributed by atoms with Gasteiger partial charge in [-0.2, -0.15) is 4.31 Å². The van der Waals surface area contributed by atoms with E-state index in [1.165, 1.54) is 32.4 Å². The fraction of sp³-hybridized carbons (Fsp3) is 0.500. The van der Waals surface area contributed by atoms with Crippen molar-refractivity contribution in [1.29, 1.82) is 0 Å². The zero-order chi connectivity index (χ0) is 17.2. The van der Waals surface area contributed by atoms with E-state index >= 15 is 0 Å². The lowest BCUT2D eigenvalue weighted by Gasteiger charge is -2.33. The Bertz CT molecular complexity index is 688. The molecule has 1 aromatic carbocycles. The SMILES string of the molecule is COc1ccc(S(=O)(=O)N2CCC(O)C(C(=O)O)C2)cc1OC. The van der Waals surface area contributed by atoms with Gasteiger partial charge in [-0.3, -0.25) is 4.79 Å². The van der Waals surface area contributed by atoms with E-state index in [9.17, 15) is 18.3 Å². The zero-order valence-corrected chi connectivity index (χ0v) is 13.6. The third kappa shape index (κ3) is 3.41. The number of aliphatic carboxylic acids is 1. The lowest BCUT2D eigenvalue weighted by atomic mass is 9.96. The largest absolute Gasteiger partial charge is 0.493 e. The Balaban J connectivity index is 2.33. The fourth-order valence-corrected chi connectivity index (χ4v) is 3.99. The molecule has 1 heterocycles. The number of hydrogen-bond acceptors (Lipinski definition) is 6. The highest BCUT2D eigenvalue weighted by atomic mass is 32.2. The molecule has 2 rings (SSSR count). The Hall–Kier alpha value is -1.84. The average Bonchev–Trinajstić information content (AvgIpc) is 2.53. The van der Waals surface area contributed by atoms with Crippen LogP contribution in [-0.2, 0) is 14.8 Å². The molecule has 1 aliphatic rings. The minimum absolute atomic E-state index is 0.0179. The van der Waals surface area contributed by atoms with Crippen LogP contribution in [0.25, 0.3) is 0 Å². The molecule has 0 aromatic heterocycles. The Morgan fingerprint density at radius 3 is 2.48 bits per heavy atom.